The topological polar surface area (TPSA) is 125 Å². The number of nitrogens with one attached hydrogen (secondary N) is 3. The highest BCUT2D eigenvalue weighted by molar-refractivity contribution is 5.86. The first-order valence-corrected chi connectivity index (χ1v) is 7.24. The van der Waals surface area contributed by atoms with Crippen LogP contribution in [0.4, 0.5) is 11.8 Å². The number of aliphatic hydroxyl groups is 1. The quantitative estimate of drug-likeness (QED) is 0.420. The van der Waals surface area contributed by atoms with Crippen LogP contribution in [-0.4, -0.2) is 37.4 Å². The Balaban J connectivity index is 1.79. The maximum Gasteiger partial charge on any atom is 0.241 e. The SMILES string of the molecule is CC1CCCC(O)(CNc2nc(NN)nc3[nH]ncc23)C1. The molecule has 0 bridgehead atoms. The van der Waals surface area contributed by atoms with Gasteiger partial charge in [-0.05, 0) is 18.8 Å². The summed E-state index contributed by atoms with van der Waals surface area (Å²) in [6, 6.07) is 0. The normalized spacial score (nSPS) is 26.0. The first-order chi connectivity index (χ1) is 10.1. The van der Waals surface area contributed by atoms with Crippen molar-refractivity contribution < 1.29 is 5.11 Å². The average molecular weight is 291 g/mol. The minimum atomic E-state index is -0.686. The first kappa shape index (κ1) is 14.0. The van der Waals surface area contributed by atoms with Crippen molar-refractivity contribution in [1.29, 1.82) is 0 Å². The molecular formula is C13H21N7O. The highest BCUT2D eigenvalue weighted by Gasteiger charge is 2.32. The van der Waals surface area contributed by atoms with E-state index in [1.807, 2.05) is 0 Å². The molecule has 6 N–H and O–H groups in total. The molecule has 114 valence electrons. The Bertz CT molecular complexity index is 628. The van der Waals surface area contributed by atoms with Gasteiger partial charge in [-0.2, -0.15) is 15.1 Å². The average Bonchev–Trinajstić information content (AvgIpc) is 2.92. The molecule has 0 aliphatic heterocycles. The number of H-pyrrole nitrogens is 1. The molecule has 2 unspecified atom stereocenters. The number of rotatable bonds is 4. The Hall–Kier alpha value is -1.93. The number of anilines is 2. The maximum absolute atomic E-state index is 10.7. The van der Waals surface area contributed by atoms with Gasteiger partial charge in [0.15, 0.2) is 5.65 Å². The van der Waals surface area contributed by atoms with Gasteiger partial charge in [0, 0.05) is 6.54 Å². The summed E-state index contributed by atoms with van der Waals surface area (Å²) < 4.78 is 0. The molecule has 0 spiro atoms. The molecule has 1 aliphatic carbocycles. The van der Waals surface area contributed by atoms with Gasteiger partial charge >= 0.3 is 0 Å². The van der Waals surface area contributed by atoms with Crippen LogP contribution in [0.3, 0.4) is 0 Å². The molecule has 2 aromatic heterocycles. The molecule has 8 heteroatoms. The zero-order valence-electron chi connectivity index (χ0n) is 12.1. The Morgan fingerprint density at radius 3 is 3.14 bits per heavy atom. The molecule has 1 saturated carbocycles. The van der Waals surface area contributed by atoms with Crippen molar-refractivity contribution in [2.24, 2.45) is 11.8 Å². The minimum Gasteiger partial charge on any atom is -0.388 e. The van der Waals surface area contributed by atoms with E-state index in [2.05, 4.69) is 37.8 Å². The van der Waals surface area contributed by atoms with Crippen molar-refractivity contribution in [1.82, 2.24) is 20.2 Å². The van der Waals surface area contributed by atoms with E-state index in [4.69, 9.17) is 5.84 Å². The third-order valence-corrected chi connectivity index (χ3v) is 4.09. The van der Waals surface area contributed by atoms with Crippen LogP contribution in [-0.2, 0) is 0 Å². The van der Waals surface area contributed by atoms with Gasteiger partial charge in [0.1, 0.15) is 5.82 Å². The van der Waals surface area contributed by atoms with Gasteiger partial charge in [-0.3, -0.25) is 10.5 Å². The monoisotopic (exact) mass is 291 g/mol. The molecule has 2 heterocycles. The fraction of sp³-hybridized carbons (Fsp3) is 0.615. The number of nitrogens with zero attached hydrogens (tertiary/aromatic N) is 3. The summed E-state index contributed by atoms with van der Waals surface area (Å²) in [5.41, 5.74) is 2.35. The maximum atomic E-state index is 10.7. The van der Waals surface area contributed by atoms with E-state index in [1.54, 1.807) is 6.20 Å². The number of hydrazine groups is 1. The molecule has 3 rings (SSSR count). The number of aromatic amines is 1. The van der Waals surface area contributed by atoms with Crippen LogP contribution in [0.5, 0.6) is 0 Å². The molecule has 1 fully saturated rings. The van der Waals surface area contributed by atoms with E-state index in [0.29, 0.717) is 29.9 Å². The fourth-order valence-electron chi connectivity index (χ4n) is 3.08. The summed E-state index contributed by atoms with van der Waals surface area (Å²) in [4.78, 5) is 8.47. The van der Waals surface area contributed by atoms with Crippen LogP contribution in [0.1, 0.15) is 32.6 Å². The fourth-order valence-corrected chi connectivity index (χ4v) is 3.08. The number of nitrogen functional groups attached to an aromatic ring is 1. The third-order valence-electron chi connectivity index (χ3n) is 4.09. The summed E-state index contributed by atoms with van der Waals surface area (Å²) in [6.07, 6.45) is 5.52. The lowest BCUT2D eigenvalue weighted by atomic mass is 9.79. The largest absolute Gasteiger partial charge is 0.388 e. The number of nitrogens with two attached hydrogens (primary N) is 1. The summed E-state index contributed by atoms with van der Waals surface area (Å²) in [7, 11) is 0. The van der Waals surface area contributed by atoms with Crippen LogP contribution >= 0.6 is 0 Å². The molecular weight excluding hydrogens is 270 g/mol. The van der Waals surface area contributed by atoms with Crippen LogP contribution < -0.4 is 16.6 Å². The standard InChI is InChI=1S/C13H21N7O/c1-8-3-2-4-13(21,5-8)7-15-10-9-6-16-20-11(9)18-12(17-10)19-14/h6,8,21H,2-5,7,14H2,1H3,(H3,15,16,17,18,19,20). The molecule has 0 aromatic carbocycles. The van der Waals surface area contributed by atoms with Gasteiger partial charge in [0.05, 0.1) is 17.2 Å². The van der Waals surface area contributed by atoms with Crippen molar-refractivity contribution in [2.45, 2.75) is 38.2 Å². The van der Waals surface area contributed by atoms with Gasteiger partial charge in [-0.15, -0.1) is 0 Å². The molecule has 0 amide bonds. The number of aromatic nitrogens is 4. The van der Waals surface area contributed by atoms with Gasteiger partial charge < -0.3 is 10.4 Å². The lowest BCUT2D eigenvalue weighted by Crippen LogP contribution is -2.41. The molecule has 8 nitrogen and oxygen atoms in total. The first-order valence-electron chi connectivity index (χ1n) is 7.24. The molecule has 2 aromatic rings. The second kappa shape index (κ2) is 5.45. The number of hydrogen-bond acceptors (Lipinski definition) is 7. The van der Waals surface area contributed by atoms with Crippen molar-refractivity contribution in [2.75, 3.05) is 17.3 Å². The van der Waals surface area contributed by atoms with Gasteiger partial charge in [-0.1, -0.05) is 19.8 Å². The van der Waals surface area contributed by atoms with Crippen molar-refractivity contribution in [3.05, 3.63) is 6.20 Å². The van der Waals surface area contributed by atoms with E-state index in [9.17, 15) is 5.11 Å². The second-order valence-electron chi connectivity index (χ2n) is 5.95. The predicted octanol–water partition coefficient (Wildman–Crippen LogP) is 0.992. The highest BCUT2D eigenvalue weighted by Crippen LogP contribution is 2.32. The van der Waals surface area contributed by atoms with E-state index in [1.165, 1.54) is 6.42 Å². The number of hydrogen-bond donors (Lipinski definition) is 5. The Morgan fingerprint density at radius 2 is 2.38 bits per heavy atom. The Kier molecular flexibility index (Phi) is 3.64. The zero-order valence-corrected chi connectivity index (χ0v) is 12.1. The van der Waals surface area contributed by atoms with Gasteiger partial charge in [-0.25, -0.2) is 5.84 Å². The van der Waals surface area contributed by atoms with Crippen LogP contribution in [0.15, 0.2) is 6.20 Å². The predicted molar refractivity (Wildman–Crippen MR) is 80.6 cm³/mol. The minimum absolute atomic E-state index is 0.304. The van der Waals surface area contributed by atoms with E-state index < -0.39 is 5.60 Å². The zero-order chi connectivity index (χ0) is 14.9. The van der Waals surface area contributed by atoms with Crippen LogP contribution in [0, 0.1) is 5.92 Å². The lowest BCUT2D eigenvalue weighted by molar-refractivity contribution is -0.000801. The highest BCUT2D eigenvalue weighted by atomic mass is 16.3. The summed E-state index contributed by atoms with van der Waals surface area (Å²) in [5.74, 6) is 6.85. The lowest BCUT2D eigenvalue weighted by Gasteiger charge is -2.35. The number of fused-ring (bicyclic) bond motifs is 1. The molecule has 0 radical (unpaired) electrons. The van der Waals surface area contributed by atoms with E-state index in [-0.39, 0.29) is 0 Å². The summed E-state index contributed by atoms with van der Waals surface area (Å²) in [6.45, 7) is 2.64. The molecule has 2 atom stereocenters. The van der Waals surface area contributed by atoms with Crippen molar-refractivity contribution >= 4 is 22.8 Å². The molecule has 1 aliphatic rings. The van der Waals surface area contributed by atoms with Crippen molar-refractivity contribution in [3.63, 3.8) is 0 Å². The Labute approximate surface area is 122 Å². The van der Waals surface area contributed by atoms with Crippen LogP contribution in [0.25, 0.3) is 11.0 Å². The van der Waals surface area contributed by atoms with E-state index >= 15 is 0 Å². The summed E-state index contributed by atoms with van der Waals surface area (Å²) >= 11 is 0. The smallest absolute Gasteiger partial charge is 0.241 e. The van der Waals surface area contributed by atoms with E-state index in [0.717, 1.165) is 24.6 Å². The molecule has 21 heavy (non-hydrogen) atoms. The Morgan fingerprint density at radius 1 is 1.52 bits per heavy atom. The van der Waals surface area contributed by atoms with Gasteiger partial charge in [0.25, 0.3) is 0 Å². The molecule has 0 saturated heterocycles. The van der Waals surface area contributed by atoms with Crippen LogP contribution in [0.2, 0.25) is 0 Å². The van der Waals surface area contributed by atoms with Gasteiger partial charge in [0.2, 0.25) is 5.95 Å². The summed E-state index contributed by atoms with van der Waals surface area (Å²) in [5, 5.41) is 21.4. The van der Waals surface area contributed by atoms with Crippen molar-refractivity contribution in [3.8, 4) is 0 Å². The second-order valence-corrected chi connectivity index (χ2v) is 5.95. The third kappa shape index (κ3) is 2.91.